The Labute approximate surface area is 100 Å². The van der Waals surface area contributed by atoms with Crippen LogP contribution in [0.15, 0.2) is 35.8 Å². The maximum Gasteiger partial charge on any atom is 0.250 e. The Morgan fingerprint density at radius 2 is 2.29 bits per heavy atom. The lowest BCUT2D eigenvalue weighted by molar-refractivity contribution is -0.115. The highest BCUT2D eigenvalue weighted by Gasteiger charge is 2.02. The van der Waals surface area contributed by atoms with Crippen molar-refractivity contribution in [2.45, 2.75) is 13.5 Å². The number of anilines is 1. The van der Waals surface area contributed by atoms with Gasteiger partial charge in [-0.05, 0) is 13.0 Å². The molecular weight excluding hydrogens is 218 g/mol. The number of carbonyl (C=O) groups is 1. The molecule has 1 aromatic heterocycles. The van der Waals surface area contributed by atoms with Gasteiger partial charge in [-0.25, -0.2) is 0 Å². The molecule has 0 saturated carbocycles. The number of nitrogens with one attached hydrogen (secondary N) is 2. The predicted molar refractivity (Wildman–Crippen MR) is 68.1 cm³/mol. The molecule has 1 amide bonds. The third kappa shape index (κ3) is 4.24. The first-order valence-corrected chi connectivity index (χ1v) is 5.49. The van der Waals surface area contributed by atoms with Crippen LogP contribution in [0.4, 0.5) is 5.69 Å². The fraction of sp³-hybridized carbons (Fsp3) is 0.333. The average Bonchev–Trinajstić information content (AvgIpc) is 2.32. The Bertz CT molecular complexity index is 451. The topological polar surface area (TPSA) is 63.1 Å². The van der Waals surface area contributed by atoms with E-state index < -0.39 is 0 Å². The number of amides is 1. The zero-order chi connectivity index (χ0) is 12.7. The standard InChI is InChI=1S/C12H17N3O2/c1-3-7-13-8-11(16)14-10-5-6-12(17)15(4-2)9-10/h3,5-6,9,13H,1,4,7-8H2,2H3,(H,14,16). The molecule has 17 heavy (non-hydrogen) atoms. The molecule has 0 spiro atoms. The fourth-order valence-electron chi connectivity index (χ4n) is 1.35. The SMILES string of the molecule is C=CCNCC(=O)Nc1ccc(=O)n(CC)c1. The summed E-state index contributed by atoms with van der Waals surface area (Å²) in [6.45, 7) is 6.80. The number of nitrogens with zero attached hydrogens (tertiary/aromatic N) is 1. The summed E-state index contributed by atoms with van der Waals surface area (Å²) < 4.78 is 1.53. The summed E-state index contributed by atoms with van der Waals surface area (Å²) in [5.41, 5.74) is 0.548. The van der Waals surface area contributed by atoms with Gasteiger partial charge in [-0.2, -0.15) is 0 Å². The van der Waals surface area contributed by atoms with Crippen LogP contribution in [0, 0.1) is 0 Å². The quantitative estimate of drug-likeness (QED) is 0.560. The highest BCUT2D eigenvalue weighted by atomic mass is 16.2. The van der Waals surface area contributed by atoms with Gasteiger partial charge in [-0.15, -0.1) is 6.58 Å². The fourth-order valence-corrected chi connectivity index (χ4v) is 1.35. The van der Waals surface area contributed by atoms with E-state index in [1.165, 1.54) is 10.6 Å². The second kappa shape index (κ2) is 6.65. The predicted octanol–water partition coefficient (Wildman–Crippen LogP) is 0.582. The molecule has 5 nitrogen and oxygen atoms in total. The summed E-state index contributed by atoms with van der Waals surface area (Å²) in [5.74, 6) is -0.145. The lowest BCUT2D eigenvalue weighted by Crippen LogP contribution is -2.28. The van der Waals surface area contributed by atoms with Crippen LogP contribution in [0.1, 0.15) is 6.92 Å². The van der Waals surface area contributed by atoms with Crippen LogP contribution >= 0.6 is 0 Å². The second-order valence-corrected chi connectivity index (χ2v) is 3.51. The van der Waals surface area contributed by atoms with E-state index in [4.69, 9.17) is 0 Å². The highest BCUT2D eigenvalue weighted by Crippen LogP contribution is 2.02. The number of rotatable bonds is 6. The van der Waals surface area contributed by atoms with E-state index in [0.29, 0.717) is 18.8 Å². The molecule has 0 saturated heterocycles. The van der Waals surface area contributed by atoms with Crippen LogP contribution < -0.4 is 16.2 Å². The first-order valence-electron chi connectivity index (χ1n) is 5.49. The Morgan fingerprint density at radius 3 is 2.94 bits per heavy atom. The van der Waals surface area contributed by atoms with E-state index >= 15 is 0 Å². The zero-order valence-electron chi connectivity index (χ0n) is 9.90. The maximum atomic E-state index is 11.5. The summed E-state index contributed by atoms with van der Waals surface area (Å²) >= 11 is 0. The molecule has 1 aromatic rings. The molecule has 0 bridgehead atoms. The summed E-state index contributed by atoms with van der Waals surface area (Å²) in [7, 11) is 0. The van der Waals surface area contributed by atoms with Crippen LogP contribution in [0.3, 0.4) is 0 Å². The molecule has 0 aromatic carbocycles. The van der Waals surface area contributed by atoms with E-state index in [0.717, 1.165) is 0 Å². The Morgan fingerprint density at radius 1 is 1.53 bits per heavy atom. The molecule has 1 rings (SSSR count). The largest absolute Gasteiger partial charge is 0.324 e. The molecule has 2 N–H and O–H groups in total. The van der Waals surface area contributed by atoms with E-state index in [1.807, 2.05) is 6.92 Å². The Hall–Kier alpha value is -1.88. The third-order valence-corrected chi connectivity index (χ3v) is 2.18. The van der Waals surface area contributed by atoms with E-state index in [1.54, 1.807) is 18.3 Å². The van der Waals surface area contributed by atoms with Crippen molar-refractivity contribution >= 4 is 11.6 Å². The molecule has 0 aliphatic heterocycles. The minimum Gasteiger partial charge on any atom is -0.324 e. The van der Waals surface area contributed by atoms with Crippen molar-refractivity contribution in [2.24, 2.45) is 0 Å². The van der Waals surface area contributed by atoms with Gasteiger partial charge in [0.25, 0.3) is 5.56 Å². The molecule has 0 unspecified atom stereocenters. The van der Waals surface area contributed by atoms with Gasteiger partial charge in [0.2, 0.25) is 5.91 Å². The first kappa shape index (κ1) is 13.2. The first-order chi connectivity index (χ1) is 8.17. The van der Waals surface area contributed by atoms with Gasteiger partial charge in [0, 0.05) is 25.4 Å². The van der Waals surface area contributed by atoms with E-state index in [2.05, 4.69) is 17.2 Å². The monoisotopic (exact) mass is 235 g/mol. The molecule has 0 radical (unpaired) electrons. The zero-order valence-corrected chi connectivity index (χ0v) is 9.90. The maximum absolute atomic E-state index is 11.5. The molecule has 0 atom stereocenters. The van der Waals surface area contributed by atoms with Gasteiger partial charge in [0.1, 0.15) is 0 Å². The number of carbonyl (C=O) groups excluding carboxylic acids is 1. The summed E-state index contributed by atoms with van der Waals surface area (Å²) in [5, 5.41) is 5.60. The van der Waals surface area contributed by atoms with Crippen LogP contribution in [0.5, 0.6) is 0 Å². The number of aromatic nitrogens is 1. The Kier molecular flexibility index (Phi) is 5.16. The molecule has 5 heteroatoms. The average molecular weight is 235 g/mol. The van der Waals surface area contributed by atoms with Gasteiger partial charge in [0.15, 0.2) is 0 Å². The molecule has 0 aliphatic carbocycles. The van der Waals surface area contributed by atoms with Gasteiger partial charge in [-0.1, -0.05) is 6.08 Å². The van der Waals surface area contributed by atoms with Crippen molar-refractivity contribution < 1.29 is 4.79 Å². The number of hydrogen-bond donors (Lipinski definition) is 2. The number of pyridine rings is 1. The van der Waals surface area contributed by atoms with Crippen molar-refractivity contribution in [3.8, 4) is 0 Å². The Balaban J connectivity index is 2.59. The van der Waals surface area contributed by atoms with Gasteiger partial charge in [0.05, 0.1) is 12.2 Å². The highest BCUT2D eigenvalue weighted by molar-refractivity contribution is 5.92. The molecule has 1 heterocycles. The summed E-state index contributed by atoms with van der Waals surface area (Å²) in [4.78, 5) is 22.8. The smallest absolute Gasteiger partial charge is 0.250 e. The van der Waals surface area contributed by atoms with E-state index in [-0.39, 0.29) is 18.0 Å². The van der Waals surface area contributed by atoms with Crippen LogP contribution in [0.2, 0.25) is 0 Å². The van der Waals surface area contributed by atoms with Gasteiger partial charge in [-0.3, -0.25) is 9.59 Å². The van der Waals surface area contributed by atoms with Crippen LogP contribution in [-0.2, 0) is 11.3 Å². The number of aryl methyl sites for hydroxylation is 1. The van der Waals surface area contributed by atoms with Gasteiger partial charge < -0.3 is 15.2 Å². The lowest BCUT2D eigenvalue weighted by Gasteiger charge is -2.08. The normalized spacial score (nSPS) is 9.94. The van der Waals surface area contributed by atoms with E-state index in [9.17, 15) is 9.59 Å². The van der Waals surface area contributed by atoms with Crippen LogP contribution in [0.25, 0.3) is 0 Å². The molecule has 0 aliphatic rings. The molecule has 0 fully saturated rings. The summed E-state index contributed by atoms with van der Waals surface area (Å²) in [6.07, 6.45) is 3.32. The summed E-state index contributed by atoms with van der Waals surface area (Å²) in [6, 6.07) is 3.04. The van der Waals surface area contributed by atoms with Crippen molar-refractivity contribution in [2.75, 3.05) is 18.4 Å². The van der Waals surface area contributed by atoms with Gasteiger partial charge >= 0.3 is 0 Å². The van der Waals surface area contributed by atoms with Crippen molar-refractivity contribution in [3.05, 3.63) is 41.3 Å². The van der Waals surface area contributed by atoms with Crippen LogP contribution in [-0.4, -0.2) is 23.6 Å². The molecule has 92 valence electrons. The van der Waals surface area contributed by atoms with Crippen molar-refractivity contribution in [1.29, 1.82) is 0 Å². The minimum atomic E-state index is -0.145. The molecular formula is C12H17N3O2. The minimum absolute atomic E-state index is 0.0738. The van der Waals surface area contributed by atoms with Crippen molar-refractivity contribution in [3.63, 3.8) is 0 Å². The lowest BCUT2D eigenvalue weighted by atomic mass is 10.4. The number of hydrogen-bond acceptors (Lipinski definition) is 3. The second-order valence-electron chi connectivity index (χ2n) is 3.51. The third-order valence-electron chi connectivity index (χ3n) is 2.18. The van der Waals surface area contributed by atoms with Crippen molar-refractivity contribution in [1.82, 2.24) is 9.88 Å².